The molecule has 0 spiro atoms. The lowest BCUT2D eigenvalue weighted by Crippen LogP contribution is -2.61. The van der Waals surface area contributed by atoms with Crippen LogP contribution in [0.1, 0.15) is 19.4 Å². The number of amides is 1. The highest BCUT2D eigenvalue weighted by Crippen LogP contribution is 2.24. The van der Waals surface area contributed by atoms with Crippen LogP contribution in [0.25, 0.3) is 0 Å². The van der Waals surface area contributed by atoms with Crippen molar-refractivity contribution in [1.29, 1.82) is 0 Å². The number of carbonyl (C=O) groups is 1. The number of carbonyl (C=O) groups excluding carboxylic acids is 1. The molecule has 2 rings (SSSR count). The van der Waals surface area contributed by atoms with Gasteiger partial charge in [0.25, 0.3) is 0 Å². The number of nitrogen functional groups attached to an aromatic ring is 1. The van der Waals surface area contributed by atoms with Gasteiger partial charge in [-0.25, -0.2) is 0 Å². The van der Waals surface area contributed by atoms with Crippen LogP contribution in [0.3, 0.4) is 0 Å². The average molecular weight is 263 g/mol. The van der Waals surface area contributed by atoms with Crippen LogP contribution < -0.4 is 15.8 Å². The predicted octanol–water partition coefficient (Wildman–Crippen LogP) is 0.988. The number of rotatable bonds is 3. The van der Waals surface area contributed by atoms with E-state index in [0.717, 1.165) is 17.9 Å². The molecule has 0 saturated carbocycles. The van der Waals surface area contributed by atoms with Crippen molar-refractivity contribution in [2.75, 3.05) is 25.9 Å². The Hall–Kier alpha value is -1.75. The molecule has 3 N–H and O–H groups in total. The third-order valence-corrected chi connectivity index (χ3v) is 3.61. The van der Waals surface area contributed by atoms with Crippen molar-refractivity contribution >= 4 is 11.6 Å². The Morgan fingerprint density at radius 3 is 2.84 bits per heavy atom. The summed E-state index contributed by atoms with van der Waals surface area (Å²) in [4.78, 5) is 14.1. The molecule has 1 fully saturated rings. The number of ether oxygens (including phenoxy) is 1. The quantitative estimate of drug-likeness (QED) is 0.798. The summed E-state index contributed by atoms with van der Waals surface area (Å²) in [6.07, 6.45) is 0. The third-order valence-electron chi connectivity index (χ3n) is 3.61. The van der Waals surface area contributed by atoms with E-state index in [1.165, 1.54) is 0 Å². The first-order valence-electron chi connectivity index (χ1n) is 6.40. The van der Waals surface area contributed by atoms with Gasteiger partial charge in [0, 0.05) is 31.4 Å². The van der Waals surface area contributed by atoms with Gasteiger partial charge in [-0.15, -0.1) is 0 Å². The van der Waals surface area contributed by atoms with E-state index in [1.807, 2.05) is 26.0 Å². The van der Waals surface area contributed by atoms with Crippen LogP contribution >= 0.6 is 0 Å². The standard InChI is InChI=1S/C14H21N3O2/c1-14(2)13(18)16-4-5-17(14)9-10-6-11(15)8-12(7-10)19-3/h6-8H,4-5,9,15H2,1-3H3,(H,16,18). The molecule has 1 saturated heterocycles. The van der Waals surface area contributed by atoms with Crippen molar-refractivity contribution < 1.29 is 9.53 Å². The van der Waals surface area contributed by atoms with Crippen molar-refractivity contribution in [3.8, 4) is 5.75 Å². The van der Waals surface area contributed by atoms with E-state index < -0.39 is 5.54 Å². The maximum Gasteiger partial charge on any atom is 0.240 e. The van der Waals surface area contributed by atoms with Gasteiger partial charge in [-0.05, 0) is 31.5 Å². The zero-order valence-electron chi connectivity index (χ0n) is 11.7. The molecule has 0 bridgehead atoms. The van der Waals surface area contributed by atoms with Crippen LogP contribution in [0, 0.1) is 0 Å². The smallest absolute Gasteiger partial charge is 0.240 e. The molecule has 1 aliphatic heterocycles. The number of nitrogens with two attached hydrogens (primary N) is 1. The van der Waals surface area contributed by atoms with Gasteiger partial charge in [-0.2, -0.15) is 0 Å². The summed E-state index contributed by atoms with van der Waals surface area (Å²) < 4.78 is 5.22. The summed E-state index contributed by atoms with van der Waals surface area (Å²) in [7, 11) is 1.62. The fourth-order valence-corrected chi connectivity index (χ4v) is 2.34. The Labute approximate surface area is 113 Å². The molecule has 19 heavy (non-hydrogen) atoms. The highest BCUT2D eigenvalue weighted by Gasteiger charge is 2.37. The maximum atomic E-state index is 11.9. The number of nitrogens with one attached hydrogen (secondary N) is 1. The number of benzene rings is 1. The Bertz CT molecular complexity index is 486. The first kappa shape index (κ1) is 13.7. The van der Waals surface area contributed by atoms with Gasteiger partial charge in [0.05, 0.1) is 12.6 Å². The second-order valence-corrected chi connectivity index (χ2v) is 5.35. The molecule has 1 aromatic carbocycles. The lowest BCUT2D eigenvalue weighted by atomic mass is 9.98. The molecular weight excluding hydrogens is 242 g/mol. The molecule has 0 aliphatic carbocycles. The van der Waals surface area contributed by atoms with Gasteiger partial charge < -0.3 is 15.8 Å². The molecule has 104 valence electrons. The van der Waals surface area contributed by atoms with E-state index in [2.05, 4.69) is 10.2 Å². The normalized spacial score (nSPS) is 19.0. The van der Waals surface area contributed by atoms with Crippen LogP contribution in [-0.4, -0.2) is 36.5 Å². The van der Waals surface area contributed by atoms with Gasteiger partial charge in [0.1, 0.15) is 5.75 Å². The number of piperazine rings is 1. The van der Waals surface area contributed by atoms with Crippen LogP contribution in [0.15, 0.2) is 18.2 Å². The third kappa shape index (κ3) is 2.81. The van der Waals surface area contributed by atoms with Crippen molar-refractivity contribution in [3.63, 3.8) is 0 Å². The Morgan fingerprint density at radius 1 is 1.42 bits per heavy atom. The minimum atomic E-state index is -0.504. The fraction of sp³-hybridized carbons (Fsp3) is 0.500. The average Bonchev–Trinajstić information content (AvgIpc) is 2.35. The number of hydrogen-bond acceptors (Lipinski definition) is 4. The molecule has 1 aromatic rings. The summed E-state index contributed by atoms with van der Waals surface area (Å²) >= 11 is 0. The molecule has 0 unspecified atom stereocenters. The van der Waals surface area contributed by atoms with E-state index >= 15 is 0 Å². The lowest BCUT2D eigenvalue weighted by molar-refractivity contribution is -0.135. The van der Waals surface area contributed by atoms with Gasteiger partial charge in [0.2, 0.25) is 5.91 Å². The summed E-state index contributed by atoms with van der Waals surface area (Å²) in [5.41, 5.74) is 7.08. The highest BCUT2D eigenvalue weighted by molar-refractivity contribution is 5.86. The molecule has 0 atom stereocenters. The van der Waals surface area contributed by atoms with E-state index in [-0.39, 0.29) is 5.91 Å². The Kier molecular flexibility index (Phi) is 3.66. The first-order chi connectivity index (χ1) is 8.93. The number of hydrogen-bond donors (Lipinski definition) is 2. The molecular formula is C14H21N3O2. The monoisotopic (exact) mass is 263 g/mol. The number of anilines is 1. The molecule has 5 heteroatoms. The zero-order valence-corrected chi connectivity index (χ0v) is 11.7. The first-order valence-corrected chi connectivity index (χ1v) is 6.40. The topological polar surface area (TPSA) is 67.6 Å². The van der Waals surface area contributed by atoms with E-state index in [4.69, 9.17) is 10.5 Å². The van der Waals surface area contributed by atoms with Gasteiger partial charge in [-0.3, -0.25) is 9.69 Å². The van der Waals surface area contributed by atoms with Crippen LogP contribution in [0.5, 0.6) is 5.75 Å². The van der Waals surface area contributed by atoms with Gasteiger partial charge in [0.15, 0.2) is 0 Å². The highest BCUT2D eigenvalue weighted by atomic mass is 16.5. The van der Waals surface area contributed by atoms with E-state index in [0.29, 0.717) is 18.8 Å². The van der Waals surface area contributed by atoms with Crippen molar-refractivity contribution in [2.24, 2.45) is 0 Å². The second kappa shape index (κ2) is 5.09. The maximum absolute atomic E-state index is 11.9. The zero-order chi connectivity index (χ0) is 14.0. The lowest BCUT2D eigenvalue weighted by Gasteiger charge is -2.41. The molecule has 1 heterocycles. The fourth-order valence-electron chi connectivity index (χ4n) is 2.34. The summed E-state index contributed by atoms with van der Waals surface area (Å²) in [6, 6.07) is 5.67. The Balaban J connectivity index is 2.20. The molecule has 0 radical (unpaired) electrons. The van der Waals surface area contributed by atoms with Crippen LogP contribution in [0.4, 0.5) is 5.69 Å². The van der Waals surface area contributed by atoms with Crippen LogP contribution in [-0.2, 0) is 11.3 Å². The van der Waals surface area contributed by atoms with Crippen LogP contribution in [0.2, 0.25) is 0 Å². The minimum Gasteiger partial charge on any atom is -0.497 e. The molecule has 0 aromatic heterocycles. The minimum absolute atomic E-state index is 0.0645. The summed E-state index contributed by atoms with van der Waals surface area (Å²) in [5, 5.41) is 2.89. The molecule has 5 nitrogen and oxygen atoms in total. The molecule has 1 aliphatic rings. The number of nitrogens with zero attached hydrogens (tertiary/aromatic N) is 1. The van der Waals surface area contributed by atoms with E-state index in [9.17, 15) is 4.79 Å². The van der Waals surface area contributed by atoms with Crippen molar-refractivity contribution in [3.05, 3.63) is 23.8 Å². The largest absolute Gasteiger partial charge is 0.497 e. The number of methoxy groups -OCH3 is 1. The summed E-state index contributed by atoms with van der Waals surface area (Å²) in [6.45, 7) is 6.06. The second-order valence-electron chi connectivity index (χ2n) is 5.35. The SMILES string of the molecule is COc1cc(N)cc(CN2CCNC(=O)C2(C)C)c1. The van der Waals surface area contributed by atoms with Crippen molar-refractivity contribution in [1.82, 2.24) is 10.2 Å². The van der Waals surface area contributed by atoms with Crippen molar-refractivity contribution in [2.45, 2.75) is 25.9 Å². The van der Waals surface area contributed by atoms with Gasteiger partial charge in [-0.1, -0.05) is 0 Å². The summed E-state index contributed by atoms with van der Waals surface area (Å²) in [5.74, 6) is 0.809. The van der Waals surface area contributed by atoms with Gasteiger partial charge >= 0.3 is 0 Å². The Morgan fingerprint density at radius 2 is 2.16 bits per heavy atom. The molecule has 1 amide bonds. The predicted molar refractivity (Wildman–Crippen MR) is 74.9 cm³/mol. The van der Waals surface area contributed by atoms with E-state index in [1.54, 1.807) is 13.2 Å².